The van der Waals surface area contributed by atoms with Crippen molar-refractivity contribution >= 4 is 17.8 Å². The molecule has 1 aromatic rings. The fraction of sp³-hybridized carbons (Fsp3) is 0.719. The second-order valence-electron chi connectivity index (χ2n) is 12.7. The van der Waals surface area contributed by atoms with E-state index in [-0.39, 0.29) is 41.8 Å². The van der Waals surface area contributed by atoms with Crippen LogP contribution in [0.3, 0.4) is 0 Å². The summed E-state index contributed by atoms with van der Waals surface area (Å²) in [5.41, 5.74) is 0.0553. The van der Waals surface area contributed by atoms with Gasteiger partial charge >= 0.3 is 11.9 Å². The third-order valence-electron chi connectivity index (χ3n) is 8.24. The van der Waals surface area contributed by atoms with E-state index in [9.17, 15) is 14.4 Å². The van der Waals surface area contributed by atoms with Crippen molar-refractivity contribution in [3.05, 3.63) is 35.9 Å². The Kier molecular flexibility index (Phi) is 11.4. The first-order valence-corrected chi connectivity index (χ1v) is 15.0. The van der Waals surface area contributed by atoms with Crippen LogP contribution >= 0.6 is 0 Å². The Bertz CT molecular complexity index is 928. The average molecular weight is 543 g/mol. The van der Waals surface area contributed by atoms with Gasteiger partial charge in [0.1, 0.15) is 5.60 Å². The summed E-state index contributed by atoms with van der Waals surface area (Å²) in [5.74, 6) is -0.710. The van der Waals surface area contributed by atoms with Gasteiger partial charge in [-0.3, -0.25) is 14.4 Å². The van der Waals surface area contributed by atoms with E-state index < -0.39 is 11.0 Å². The maximum Gasteiger partial charge on any atom is 0.309 e. The predicted molar refractivity (Wildman–Crippen MR) is 153 cm³/mol. The minimum atomic E-state index is -0.585. The molecule has 2 N–H and O–H groups in total. The van der Waals surface area contributed by atoms with Crippen LogP contribution in [0.1, 0.15) is 104 Å². The molecule has 7 heteroatoms. The Balaban J connectivity index is 1.66. The first-order chi connectivity index (χ1) is 18.5. The van der Waals surface area contributed by atoms with Crippen molar-refractivity contribution in [3.63, 3.8) is 0 Å². The van der Waals surface area contributed by atoms with E-state index in [0.717, 1.165) is 57.9 Å². The van der Waals surface area contributed by atoms with E-state index in [1.165, 1.54) is 5.56 Å². The number of ether oxygens (including phenoxy) is 2. The molecule has 0 radical (unpaired) electrons. The van der Waals surface area contributed by atoms with Crippen molar-refractivity contribution < 1.29 is 23.9 Å². The van der Waals surface area contributed by atoms with Crippen molar-refractivity contribution in [2.75, 3.05) is 6.61 Å². The highest BCUT2D eigenvalue weighted by molar-refractivity contribution is 5.84. The smallest absolute Gasteiger partial charge is 0.309 e. The number of carbonyl (C=O) groups is 3. The second kappa shape index (κ2) is 14.3. The molecule has 218 valence electrons. The van der Waals surface area contributed by atoms with Crippen molar-refractivity contribution in [1.82, 2.24) is 10.6 Å². The SMILES string of the molecule is CCOC(=O)[C@H]1CC[C@@H](NC(=O)C2(CC(CC(C)NCc3ccccc3)C(=O)OC(C)(C)C)CCCC2)CC1. The molecule has 0 bridgehead atoms. The van der Waals surface area contributed by atoms with Crippen LogP contribution in [0.15, 0.2) is 30.3 Å². The first kappa shape index (κ1) is 31.1. The van der Waals surface area contributed by atoms with Crippen molar-refractivity contribution in [1.29, 1.82) is 0 Å². The van der Waals surface area contributed by atoms with Gasteiger partial charge in [-0.2, -0.15) is 0 Å². The number of nitrogens with one attached hydrogen (secondary N) is 2. The fourth-order valence-corrected chi connectivity index (χ4v) is 6.17. The molecule has 0 spiro atoms. The maximum absolute atomic E-state index is 13.8. The van der Waals surface area contributed by atoms with E-state index >= 15 is 0 Å². The molecule has 0 saturated heterocycles. The van der Waals surface area contributed by atoms with E-state index in [4.69, 9.17) is 9.47 Å². The average Bonchev–Trinajstić information content (AvgIpc) is 3.37. The molecule has 2 saturated carbocycles. The molecule has 7 nitrogen and oxygen atoms in total. The van der Waals surface area contributed by atoms with Crippen LogP contribution < -0.4 is 10.6 Å². The fourth-order valence-electron chi connectivity index (χ4n) is 6.17. The molecule has 2 fully saturated rings. The predicted octanol–water partition coefficient (Wildman–Crippen LogP) is 5.70. The standard InChI is InChI=1S/C32H50N2O5/c1-6-38-28(35)25-14-16-27(17-15-25)34-30(37)32(18-10-11-19-32)21-26(29(36)39-31(3,4)5)20-23(2)33-22-24-12-8-7-9-13-24/h7-9,12-13,23,25-27,33H,6,10-11,14-22H2,1-5H3,(H,34,37)/t23?,25-,26?,27+. The summed E-state index contributed by atoms with van der Waals surface area (Å²) in [7, 11) is 0. The number of esters is 2. The minimum Gasteiger partial charge on any atom is -0.466 e. The Labute approximate surface area is 235 Å². The van der Waals surface area contributed by atoms with Gasteiger partial charge in [0, 0.05) is 18.6 Å². The van der Waals surface area contributed by atoms with Crippen LogP contribution in [0.25, 0.3) is 0 Å². The normalized spacial score (nSPS) is 22.5. The Morgan fingerprint density at radius 3 is 2.26 bits per heavy atom. The Hall–Kier alpha value is -2.41. The zero-order chi connectivity index (χ0) is 28.5. The van der Waals surface area contributed by atoms with Gasteiger partial charge in [-0.05, 0) is 91.5 Å². The number of hydrogen-bond acceptors (Lipinski definition) is 6. The van der Waals surface area contributed by atoms with E-state index in [0.29, 0.717) is 19.4 Å². The van der Waals surface area contributed by atoms with E-state index in [1.54, 1.807) is 0 Å². The molecule has 1 amide bonds. The lowest BCUT2D eigenvalue weighted by molar-refractivity contribution is -0.162. The lowest BCUT2D eigenvalue weighted by Crippen LogP contribution is -2.48. The summed E-state index contributed by atoms with van der Waals surface area (Å²) in [6.45, 7) is 10.7. The quantitative estimate of drug-likeness (QED) is 0.329. The number of rotatable bonds is 12. The van der Waals surface area contributed by atoms with Gasteiger partial charge < -0.3 is 20.1 Å². The molecule has 0 aromatic heterocycles. The summed E-state index contributed by atoms with van der Waals surface area (Å²) >= 11 is 0. The van der Waals surface area contributed by atoms with Gasteiger partial charge in [-0.1, -0.05) is 43.2 Å². The number of amides is 1. The summed E-state index contributed by atoms with van der Waals surface area (Å²) in [6, 6.07) is 10.4. The zero-order valence-electron chi connectivity index (χ0n) is 24.7. The molecular weight excluding hydrogens is 492 g/mol. The van der Waals surface area contributed by atoms with Crippen LogP contribution in [0.4, 0.5) is 0 Å². The summed E-state index contributed by atoms with van der Waals surface area (Å²) in [5, 5.41) is 6.88. The third-order valence-corrected chi connectivity index (χ3v) is 8.24. The van der Waals surface area contributed by atoms with E-state index in [1.807, 2.05) is 45.9 Å². The van der Waals surface area contributed by atoms with Gasteiger partial charge in [-0.25, -0.2) is 0 Å². The highest BCUT2D eigenvalue weighted by atomic mass is 16.6. The van der Waals surface area contributed by atoms with Gasteiger partial charge in [0.05, 0.1) is 23.9 Å². The summed E-state index contributed by atoms with van der Waals surface area (Å²) in [4.78, 5) is 39.4. The van der Waals surface area contributed by atoms with Crippen LogP contribution in [-0.4, -0.2) is 42.1 Å². The lowest BCUT2D eigenvalue weighted by Gasteiger charge is -2.36. The molecule has 1 aromatic carbocycles. The highest BCUT2D eigenvalue weighted by Gasteiger charge is 2.45. The molecule has 39 heavy (non-hydrogen) atoms. The molecule has 2 aliphatic carbocycles. The zero-order valence-corrected chi connectivity index (χ0v) is 24.7. The molecule has 3 rings (SSSR count). The van der Waals surface area contributed by atoms with Gasteiger partial charge in [-0.15, -0.1) is 0 Å². The Morgan fingerprint density at radius 2 is 1.67 bits per heavy atom. The summed E-state index contributed by atoms with van der Waals surface area (Å²) < 4.78 is 11.1. The van der Waals surface area contributed by atoms with Crippen LogP contribution in [0, 0.1) is 17.3 Å². The van der Waals surface area contributed by atoms with Crippen LogP contribution in [0.2, 0.25) is 0 Å². The third kappa shape index (κ3) is 9.63. The molecule has 0 aliphatic heterocycles. The van der Waals surface area contributed by atoms with E-state index in [2.05, 4.69) is 29.7 Å². The Morgan fingerprint density at radius 1 is 1.03 bits per heavy atom. The molecule has 2 aliphatic rings. The van der Waals surface area contributed by atoms with Crippen molar-refractivity contribution in [3.8, 4) is 0 Å². The monoisotopic (exact) mass is 542 g/mol. The van der Waals surface area contributed by atoms with Crippen molar-refractivity contribution in [2.45, 2.75) is 123 Å². The second-order valence-corrected chi connectivity index (χ2v) is 12.7. The van der Waals surface area contributed by atoms with Crippen molar-refractivity contribution in [2.24, 2.45) is 17.3 Å². The molecule has 0 heterocycles. The number of benzene rings is 1. The summed E-state index contributed by atoms with van der Waals surface area (Å²) in [6.07, 6.45) is 7.72. The topological polar surface area (TPSA) is 93.7 Å². The maximum atomic E-state index is 13.8. The van der Waals surface area contributed by atoms with Gasteiger partial charge in [0.15, 0.2) is 0 Å². The van der Waals surface area contributed by atoms with Crippen LogP contribution in [0.5, 0.6) is 0 Å². The first-order valence-electron chi connectivity index (χ1n) is 15.0. The minimum absolute atomic E-state index is 0.0621. The van der Waals surface area contributed by atoms with Gasteiger partial charge in [0.25, 0.3) is 0 Å². The molecule has 2 unspecified atom stereocenters. The molecule has 2 atom stereocenters. The van der Waals surface area contributed by atoms with Crippen LogP contribution in [-0.2, 0) is 30.4 Å². The van der Waals surface area contributed by atoms with Gasteiger partial charge in [0.2, 0.25) is 5.91 Å². The number of hydrogen-bond donors (Lipinski definition) is 2. The largest absolute Gasteiger partial charge is 0.466 e. The highest BCUT2D eigenvalue weighted by Crippen LogP contribution is 2.45. The molecular formula is C32H50N2O5. The number of carbonyl (C=O) groups excluding carboxylic acids is 3. The lowest BCUT2D eigenvalue weighted by atomic mass is 9.74.